The number of hydrogen-bond donors (Lipinski definition) is 0. The fourth-order valence-corrected chi connectivity index (χ4v) is 7.29. The van der Waals surface area contributed by atoms with Crippen molar-refractivity contribution in [3.05, 3.63) is 166 Å². The van der Waals surface area contributed by atoms with E-state index in [0.29, 0.717) is 5.92 Å². The van der Waals surface area contributed by atoms with Gasteiger partial charge in [0, 0.05) is 5.92 Å². The second-order valence-corrected chi connectivity index (χ2v) is 13.3. The number of rotatable bonds is 4. The molecule has 0 radical (unpaired) electrons. The van der Waals surface area contributed by atoms with Crippen molar-refractivity contribution >= 4 is 0 Å². The van der Waals surface area contributed by atoms with Crippen molar-refractivity contribution in [1.29, 1.82) is 0 Å². The zero-order valence-electron chi connectivity index (χ0n) is 26.6. The van der Waals surface area contributed by atoms with Crippen LogP contribution in [0.2, 0.25) is 0 Å². The molecule has 3 atom stereocenters. The zero-order valence-corrected chi connectivity index (χ0v) is 26.6. The van der Waals surface area contributed by atoms with Crippen LogP contribution in [0.5, 0.6) is 0 Å². The first-order chi connectivity index (χ1) is 20.9. The predicted octanol–water partition coefficient (Wildman–Crippen LogP) is 11.4. The summed E-state index contributed by atoms with van der Waals surface area (Å²) in [5, 5.41) is 0. The fourth-order valence-electron chi connectivity index (χ4n) is 7.29. The quantitative estimate of drug-likeness (QED) is 0.191. The molecule has 0 aromatic heterocycles. The first-order valence-electron chi connectivity index (χ1n) is 16.3. The van der Waals surface area contributed by atoms with Crippen molar-refractivity contribution < 1.29 is 0 Å². The molecule has 0 heterocycles. The highest BCUT2D eigenvalue weighted by Gasteiger charge is 2.45. The van der Waals surface area contributed by atoms with Crippen LogP contribution in [0, 0.1) is 37.5 Å². The summed E-state index contributed by atoms with van der Waals surface area (Å²) < 4.78 is 0. The van der Waals surface area contributed by atoms with Crippen LogP contribution in [-0.2, 0) is 5.41 Å². The molecule has 0 saturated carbocycles. The van der Waals surface area contributed by atoms with E-state index in [0.717, 1.165) is 17.8 Å². The van der Waals surface area contributed by atoms with Crippen LogP contribution >= 0.6 is 0 Å². The maximum Gasteiger partial charge on any atom is 0.0713 e. The van der Waals surface area contributed by atoms with Crippen molar-refractivity contribution in [2.24, 2.45) is 23.7 Å². The molecule has 0 N–H and O–H groups in total. The van der Waals surface area contributed by atoms with Gasteiger partial charge in [-0.1, -0.05) is 159 Å². The smallest absolute Gasteiger partial charge is 0.0713 e. The van der Waals surface area contributed by atoms with E-state index in [2.05, 4.69) is 162 Å². The number of benzene rings is 4. The van der Waals surface area contributed by atoms with Gasteiger partial charge < -0.3 is 0 Å². The molecule has 7 rings (SSSR count). The van der Waals surface area contributed by atoms with Gasteiger partial charge in [-0.25, -0.2) is 0 Å². The number of aryl methyl sites for hydroxylation is 2. The molecule has 0 nitrogen and oxygen atoms in total. The summed E-state index contributed by atoms with van der Waals surface area (Å²) in [6.07, 6.45) is 16.0. The first kappa shape index (κ1) is 29.2. The molecule has 0 aliphatic heterocycles. The van der Waals surface area contributed by atoms with E-state index in [9.17, 15) is 0 Å². The minimum absolute atomic E-state index is 0.269. The third kappa shape index (κ3) is 5.61. The average molecular weight is 563 g/mol. The average Bonchev–Trinajstić information content (AvgIpc) is 3.34. The molecule has 218 valence electrons. The molecule has 43 heavy (non-hydrogen) atoms. The summed E-state index contributed by atoms with van der Waals surface area (Å²) in [6, 6.07) is 35.9. The van der Waals surface area contributed by atoms with Gasteiger partial charge in [0.15, 0.2) is 0 Å². The highest BCUT2D eigenvalue weighted by atomic mass is 14.5. The second-order valence-electron chi connectivity index (χ2n) is 13.3. The molecule has 3 unspecified atom stereocenters. The maximum absolute atomic E-state index is 2.47. The van der Waals surface area contributed by atoms with Crippen molar-refractivity contribution in [3.8, 4) is 11.1 Å². The van der Waals surface area contributed by atoms with Gasteiger partial charge in [0.1, 0.15) is 0 Å². The summed E-state index contributed by atoms with van der Waals surface area (Å²) in [5.41, 5.74) is 12.0. The topological polar surface area (TPSA) is 0 Å². The molecule has 0 fully saturated rings. The first-order valence-corrected chi connectivity index (χ1v) is 16.3. The Morgan fingerprint density at radius 1 is 0.628 bits per heavy atom. The molecule has 0 saturated heterocycles. The Bertz CT molecular complexity index is 1550. The van der Waals surface area contributed by atoms with Gasteiger partial charge in [-0.3, -0.25) is 0 Å². The van der Waals surface area contributed by atoms with Crippen LogP contribution in [0.3, 0.4) is 0 Å². The van der Waals surface area contributed by atoms with E-state index in [1.54, 1.807) is 5.57 Å². The lowest BCUT2D eigenvalue weighted by molar-refractivity contribution is 0.459. The minimum atomic E-state index is -0.269. The molecular weight excluding hydrogens is 516 g/mol. The van der Waals surface area contributed by atoms with Crippen LogP contribution in [-0.4, -0.2) is 0 Å². The zero-order chi connectivity index (χ0) is 30.0. The normalized spacial score (nSPS) is 21.4. The Kier molecular flexibility index (Phi) is 8.40. The Morgan fingerprint density at radius 3 is 1.60 bits per heavy atom. The van der Waals surface area contributed by atoms with Crippen molar-refractivity contribution in [3.63, 3.8) is 0 Å². The Hall–Kier alpha value is -3.90. The van der Waals surface area contributed by atoms with E-state index >= 15 is 0 Å². The molecular formula is C43H46. The van der Waals surface area contributed by atoms with E-state index < -0.39 is 0 Å². The minimum Gasteiger partial charge on any atom is -0.0851 e. The number of fused-ring (bicyclic) bond motifs is 3. The third-order valence-corrected chi connectivity index (χ3v) is 9.97. The van der Waals surface area contributed by atoms with E-state index in [-0.39, 0.29) is 5.41 Å². The third-order valence-electron chi connectivity index (χ3n) is 9.97. The molecule has 4 aromatic carbocycles. The molecule has 0 amide bonds. The summed E-state index contributed by atoms with van der Waals surface area (Å²) in [6.45, 7) is 11.2. The van der Waals surface area contributed by atoms with Crippen molar-refractivity contribution in [2.45, 2.75) is 59.3 Å². The van der Waals surface area contributed by atoms with Gasteiger partial charge in [0.25, 0.3) is 0 Å². The number of allylic oxidation sites excluding steroid dienone is 6. The van der Waals surface area contributed by atoms with Crippen molar-refractivity contribution in [2.75, 3.05) is 0 Å². The SMILES string of the molecule is CC1C=CC(C2=CCC(C(C)C)C=C2)CC1.Cc1ccc(C2(c3ccc(C)cc3)c3ccccc3-c3ccccc32)cc1. The largest absolute Gasteiger partial charge is 0.0851 e. The van der Waals surface area contributed by atoms with Gasteiger partial charge in [0.05, 0.1) is 5.41 Å². The Balaban J connectivity index is 0.000000176. The highest BCUT2D eigenvalue weighted by molar-refractivity contribution is 5.86. The summed E-state index contributed by atoms with van der Waals surface area (Å²) >= 11 is 0. The van der Waals surface area contributed by atoms with E-state index in [1.807, 2.05) is 0 Å². The van der Waals surface area contributed by atoms with E-state index in [1.165, 1.54) is 63.8 Å². The van der Waals surface area contributed by atoms with Crippen LogP contribution in [0.1, 0.15) is 73.4 Å². The Morgan fingerprint density at radius 2 is 1.16 bits per heavy atom. The van der Waals surface area contributed by atoms with Crippen LogP contribution < -0.4 is 0 Å². The highest BCUT2D eigenvalue weighted by Crippen LogP contribution is 2.55. The molecule has 4 aromatic rings. The molecule has 3 aliphatic rings. The summed E-state index contributed by atoms with van der Waals surface area (Å²) in [5.74, 6) is 3.01. The maximum atomic E-state index is 2.47. The van der Waals surface area contributed by atoms with Crippen LogP contribution in [0.25, 0.3) is 11.1 Å². The van der Waals surface area contributed by atoms with Gasteiger partial charge in [0.2, 0.25) is 0 Å². The predicted molar refractivity (Wildman–Crippen MR) is 184 cm³/mol. The molecule has 0 bridgehead atoms. The van der Waals surface area contributed by atoms with Crippen molar-refractivity contribution in [1.82, 2.24) is 0 Å². The van der Waals surface area contributed by atoms with E-state index in [4.69, 9.17) is 0 Å². The van der Waals surface area contributed by atoms with Gasteiger partial charge in [-0.2, -0.15) is 0 Å². The fraction of sp³-hybridized carbons (Fsp3) is 0.302. The second kappa shape index (κ2) is 12.4. The van der Waals surface area contributed by atoms with Gasteiger partial charge >= 0.3 is 0 Å². The van der Waals surface area contributed by atoms with Gasteiger partial charge in [-0.05, 0) is 89.8 Å². The monoisotopic (exact) mass is 562 g/mol. The molecule has 0 heteroatoms. The Labute approximate surface area is 259 Å². The lowest BCUT2D eigenvalue weighted by atomic mass is 9.67. The number of hydrogen-bond acceptors (Lipinski definition) is 0. The standard InChI is InChI=1S/C27H22.C16H24/c1-19-11-15-21(16-12-19)27(22-17-13-20(2)14-18-22)25-9-5-3-7-23(25)24-8-4-6-10-26(24)27;1-12(2)14-8-10-16(11-9-14)15-6-4-13(3)5-7-15/h3-18H,1-2H3;4,6,8,10-15H,5,7,9H2,1-3H3. The molecule has 3 aliphatic carbocycles. The lowest BCUT2D eigenvalue weighted by Crippen LogP contribution is -2.28. The summed E-state index contributed by atoms with van der Waals surface area (Å²) in [4.78, 5) is 0. The summed E-state index contributed by atoms with van der Waals surface area (Å²) in [7, 11) is 0. The molecule has 0 spiro atoms. The van der Waals surface area contributed by atoms with Crippen LogP contribution in [0.15, 0.2) is 133 Å². The van der Waals surface area contributed by atoms with Gasteiger partial charge in [-0.15, -0.1) is 0 Å². The lowest BCUT2D eigenvalue weighted by Gasteiger charge is -2.34. The van der Waals surface area contributed by atoms with Crippen LogP contribution in [0.4, 0.5) is 0 Å².